The van der Waals surface area contributed by atoms with Gasteiger partial charge >= 0.3 is 5.97 Å². The number of benzene rings is 1. The summed E-state index contributed by atoms with van der Waals surface area (Å²) in [6, 6.07) is 11.4. The molecule has 18 heavy (non-hydrogen) atoms. The van der Waals surface area contributed by atoms with Gasteiger partial charge < -0.3 is 14.4 Å². The van der Waals surface area contributed by atoms with Gasteiger partial charge in [-0.05, 0) is 11.6 Å². The predicted octanol–water partition coefficient (Wildman–Crippen LogP) is 2.50. The van der Waals surface area contributed by atoms with Gasteiger partial charge in [0.25, 0.3) is 0 Å². The van der Waals surface area contributed by atoms with Crippen LogP contribution in [0.25, 0.3) is 11.1 Å². The van der Waals surface area contributed by atoms with Crippen molar-refractivity contribution in [1.29, 1.82) is 0 Å². The van der Waals surface area contributed by atoms with Crippen LogP contribution in [-0.4, -0.2) is 29.4 Å². The van der Waals surface area contributed by atoms with E-state index in [1.165, 1.54) is 0 Å². The molecule has 4 nitrogen and oxygen atoms in total. The minimum absolute atomic E-state index is 0.283. The van der Waals surface area contributed by atoms with Gasteiger partial charge in [-0.1, -0.05) is 30.3 Å². The lowest BCUT2D eigenvalue weighted by molar-refractivity contribution is 0.0682. The van der Waals surface area contributed by atoms with Crippen molar-refractivity contribution in [2.45, 2.75) is 6.54 Å². The maximum absolute atomic E-state index is 11.2. The highest BCUT2D eigenvalue weighted by molar-refractivity contribution is 5.88. The first-order chi connectivity index (χ1) is 8.72. The number of aromatic nitrogens is 1. The summed E-state index contributed by atoms with van der Waals surface area (Å²) in [5.74, 6) is -0.923. The highest BCUT2D eigenvalue weighted by Gasteiger charge is 2.12. The summed E-state index contributed by atoms with van der Waals surface area (Å²) in [6.07, 6.45) is 1.85. The van der Waals surface area contributed by atoms with Crippen LogP contribution in [0.4, 0.5) is 0 Å². The molecule has 0 radical (unpaired) electrons. The van der Waals surface area contributed by atoms with E-state index >= 15 is 0 Å². The SMILES string of the molecule is COCCn1cc(-c2ccccc2)cc1C(=O)O. The first kappa shape index (κ1) is 12.4. The molecule has 1 heterocycles. The first-order valence-corrected chi connectivity index (χ1v) is 5.70. The number of carboxylic acids is 1. The minimum Gasteiger partial charge on any atom is -0.477 e. The largest absolute Gasteiger partial charge is 0.477 e. The Morgan fingerprint density at radius 2 is 2.00 bits per heavy atom. The molecule has 0 unspecified atom stereocenters. The normalized spacial score (nSPS) is 10.5. The number of ether oxygens (including phenoxy) is 1. The van der Waals surface area contributed by atoms with Crippen molar-refractivity contribution in [3.8, 4) is 11.1 Å². The highest BCUT2D eigenvalue weighted by atomic mass is 16.5. The second-order valence-corrected chi connectivity index (χ2v) is 3.97. The van der Waals surface area contributed by atoms with Gasteiger partial charge in [0.2, 0.25) is 0 Å². The van der Waals surface area contributed by atoms with Crippen LogP contribution in [0.2, 0.25) is 0 Å². The Kier molecular flexibility index (Phi) is 3.79. The molecule has 0 bridgehead atoms. The lowest BCUT2D eigenvalue weighted by atomic mass is 10.1. The zero-order valence-corrected chi connectivity index (χ0v) is 10.2. The predicted molar refractivity (Wildman–Crippen MR) is 68.7 cm³/mol. The van der Waals surface area contributed by atoms with Gasteiger partial charge in [-0.2, -0.15) is 0 Å². The third kappa shape index (κ3) is 2.60. The second-order valence-electron chi connectivity index (χ2n) is 3.97. The number of carbonyl (C=O) groups is 1. The standard InChI is InChI=1S/C14H15NO3/c1-18-8-7-15-10-12(9-13(15)14(16)17)11-5-3-2-4-6-11/h2-6,9-10H,7-8H2,1H3,(H,16,17). The third-order valence-corrected chi connectivity index (χ3v) is 2.76. The van der Waals surface area contributed by atoms with Crippen molar-refractivity contribution in [2.75, 3.05) is 13.7 Å². The summed E-state index contributed by atoms with van der Waals surface area (Å²) in [4.78, 5) is 11.2. The molecule has 0 spiro atoms. The summed E-state index contributed by atoms with van der Waals surface area (Å²) in [6.45, 7) is 1.02. The average Bonchev–Trinajstić information content (AvgIpc) is 2.81. The number of hydrogen-bond acceptors (Lipinski definition) is 2. The number of hydrogen-bond donors (Lipinski definition) is 1. The first-order valence-electron chi connectivity index (χ1n) is 5.70. The maximum Gasteiger partial charge on any atom is 0.352 e. The van der Waals surface area contributed by atoms with E-state index < -0.39 is 5.97 Å². The maximum atomic E-state index is 11.2. The van der Waals surface area contributed by atoms with Crippen LogP contribution in [0, 0.1) is 0 Å². The molecule has 0 saturated heterocycles. The molecule has 94 valence electrons. The van der Waals surface area contributed by atoms with Crippen LogP contribution in [0.1, 0.15) is 10.5 Å². The van der Waals surface area contributed by atoms with Gasteiger partial charge in [-0.15, -0.1) is 0 Å². The van der Waals surface area contributed by atoms with E-state index in [0.717, 1.165) is 11.1 Å². The Balaban J connectivity index is 2.36. The average molecular weight is 245 g/mol. The summed E-state index contributed by atoms with van der Waals surface area (Å²) >= 11 is 0. The molecule has 1 aromatic heterocycles. The molecule has 0 saturated carbocycles. The van der Waals surface area contributed by atoms with Crippen LogP contribution in [-0.2, 0) is 11.3 Å². The molecule has 2 aromatic rings. The molecule has 0 aliphatic carbocycles. The Morgan fingerprint density at radius 1 is 1.28 bits per heavy atom. The van der Waals surface area contributed by atoms with E-state index in [0.29, 0.717) is 13.2 Å². The topological polar surface area (TPSA) is 51.5 Å². The van der Waals surface area contributed by atoms with E-state index in [2.05, 4.69) is 0 Å². The number of methoxy groups -OCH3 is 1. The minimum atomic E-state index is -0.923. The van der Waals surface area contributed by atoms with Crippen LogP contribution < -0.4 is 0 Å². The fourth-order valence-electron chi connectivity index (χ4n) is 1.85. The van der Waals surface area contributed by atoms with Gasteiger partial charge in [-0.25, -0.2) is 4.79 Å². The molecule has 4 heteroatoms. The second kappa shape index (κ2) is 5.51. The van der Waals surface area contributed by atoms with Gasteiger partial charge in [-0.3, -0.25) is 0 Å². The van der Waals surface area contributed by atoms with Crippen molar-refractivity contribution >= 4 is 5.97 Å². The van der Waals surface area contributed by atoms with Gasteiger partial charge in [0.1, 0.15) is 5.69 Å². The smallest absolute Gasteiger partial charge is 0.352 e. The molecular weight excluding hydrogens is 230 g/mol. The van der Waals surface area contributed by atoms with Crippen LogP contribution in [0.15, 0.2) is 42.6 Å². The van der Waals surface area contributed by atoms with Crippen molar-refractivity contribution in [1.82, 2.24) is 4.57 Å². The van der Waals surface area contributed by atoms with Gasteiger partial charge in [0.15, 0.2) is 0 Å². The summed E-state index contributed by atoms with van der Waals surface area (Å²) < 4.78 is 6.68. The molecule has 2 rings (SSSR count). The van der Waals surface area contributed by atoms with E-state index in [4.69, 9.17) is 9.84 Å². The number of nitrogens with zero attached hydrogens (tertiary/aromatic N) is 1. The van der Waals surface area contributed by atoms with Crippen LogP contribution in [0.5, 0.6) is 0 Å². The summed E-state index contributed by atoms with van der Waals surface area (Å²) in [5, 5.41) is 9.16. The molecular formula is C14H15NO3. The quantitative estimate of drug-likeness (QED) is 0.880. The molecule has 1 N–H and O–H groups in total. The Labute approximate surface area is 105 Å². The number of carboxylic acid groups (broad SMARTS) is 1. The third-order valence-electron chi connectivity index (χ3n) is 2.76. The van der Waals surface area contributed by atoms with E-state index in [1.54, 1.807) is 17.7 Å². The zero-order valence-electron chi connectivity index (χ0n) is 10.2. The lowest BCUT2D eigenvalue weighted by Gasteiger charge is -2.04. The van der Waals surface area contributed by atoms with E-state index in [-0.39, 0.29) is 5.69 Å². The fraction of sp³-hybridized carbons (Fsp3) is 0.214. The molecule has 0 aliphatic rings. The van der Waals surface area contributed by atoms with Crippen molar-refractivity contribution < 1.29 is 14.6 Å². The highest BCUT2D eigenvalue weighted by Crippen LogP contribution is 2.22. The molecule has 1 aromatic carbocycles. The Hall–Kier alpha value is -2.07. The monoisotopic (exact) mass is 245 g/mol. The van der Waals surface area contributed by atoms with E-state index in [1.807, 2.05) is 36.5 Å². The molecule has 0 aliphatic heterocycles. The Morgan fingerprint density at radius 3 is 2.61 bits per heavy atom. The van der Waals surface area contributed by atoms with Crippen molar-refractivity contribution in [3.63, 3.8) is 0 Å². The number of rotatable bonds is 5. The summed E-state index contributed by atoms with van der Waals surface area (Å²) in [5.41, 5.74) is 2.20. The molecule has 0 fully saturated rings. The summed E-state index contributed by atoms with van der Waals surface area (Å²) in [7, 11) is 1.60. The Bertz CT molecular complexity index is 531. The van der Waals surface area contributed by atoms with Gasteiger partial charge in [0, 0.05) is 25.4 Å². The zero-order chi connectivity index (χ0) is 13.0. The lowest BCUT2D eigenvalue weighted by Crippen LogP contribution is -2.10. The molecule has 0 atom stereocenters. The van der Waals surface area contributed by atoms with Crippen LogP contribution in [0.3, 0.4) is 0 Å². The van der Waals surface area contributed by atoms with E-state index in [9.17, 15) is 4.79 Å². The number of aromatic carboxylic acids is 1. The van der Waals surface area contributed by atoms with Crippen LogP contribution >= 0.6 is 0 Å². The van der Waals surface area contributed by atoms with Crippen molar-refractivity contribution in [3.05, 3.63) is 48.3 Å². The molecule has 0 amide bonds. The van der Waals surface area contributed by atoms with Gasteiger partial charge in [0.05, 0.1) is 6.61 Å². The van der Waals surface area contributed by atoms with Crippen molar-refractivity contribution in [2.24, 2.45) is 0 Å². The fourth-order valence-corrected chi connectivity index (χ4v) is 1.85.